The maximum atomic E-state index is 6.02. The van der Waals surface area contributed by atoms with Gasteiger partial charge in [-0.25, -0.2) is 4.98 Å². The van der Waals surface area contributed by atoms with Crippen molar-refractivity contribution in [3.63, 3.8) is 0 Å². The van der Waals surface area contributed by atoms with Crippen molar-refractivity contribution in [1.82, 2.24) is 9.97 Å². The van der Waals surface area contributed by atoms with Gasteiger partial charge in [0.1, 0.15) is 10.8 Å². The molecule has 4 nitrogen and oxygen atoms in total. The Hall–Kier alpha value is -1.81. The summed E-state index contributed by atoms with van der Waals surface area (Å²) in [7, 11) is 1.77. The molecule has 0 unspecified atom stereocenters. The van der Waals surface area contributed by atoms with Gasteiger partial charge in [-0.05, 0) is 12.0 Å². The lowest BCUT2D eigenvalue weighted by Crippen LogP contribution is -2.08. The van der Waals surface area contributed by atoms with Gasteiger partial charge in [-0.3, -0.25) is 0 Å². The van der Waals surface area contributed by atoms with E-state index in [1.165, 1.54) is 5.56 Å². The quantitative estimate of drug-likeness (QED) is 0.870. The molecule has 0 radical (unpaired) electrons. The number of halogens is 1. The second kappa shape index (κ2) is 6.21. The smallest absolute Gasteiger partial charge is 0.224 e. The fourth-order valence-corrected chi connectivity index (χ4v) is 1.74. The summed E-state index contributed by atoms with van der Waals surface area (Å²) in [6.45, 7) is 0.782. The number of aromatic nitrogens is 2. The fourth-order valence-electron chi connectivity index (χ4n) is 1.58. The number of rotatable bonds is 5. The van der Waals surface area contributed by atoms with Gasteiger partial charge in [0.15, 0.2) is 0 Å². The zero-order valence-electron chi connectivity index (χ0n) is 10.2. The Morgan fingerprint density at radius 2 is 2.00 bits per heavy atom. The van der Waals surface area contributed by atoms with E-state index in [2.05, 4.69) is 32.7 Å². The molecule has 2 aromatic rings. The summed E-state index contributed by atoms with van der Waals surface area (Å²) in [6.07, 6.45) is 2.52. The molecular formula is C13H15ClN4. The molecule has 1 aromatic heterocycles. The highest BCUT2D eigenvalue weighted by atomic mass is 35.5. The Labute approximate surface area is 111 Å². The van der Waals surface area contributed by atoms with E-state index in [1.54, 1.807) is 13.2 Å². The number of nitrogens with one attached hydrogen (secondary N) is 2. The van der Waals surface area contributed by atoms with E-state index < -0.39 is 0 Å². The molecule has 0 atom stereocenters. The van der Waals surface area contributed by atoms with Crippen molar-refractivity contribution in [2.45, 2.75) is 6.42 Å². The Balaban J connectivity index is 1.94. The molecule has 0 spiro atoms. The van der Waals surface area contributed by atoms with E-state index in [1.807, 2.05) is 18.2 Å². The first-order valence-corrected chi connectivity index (χ1v) is 6.15. The Kier molecular flexibility index (Phi) is 4.36. The molecule has 94 valence electrons. The van der Waals surface area contributed by atoms with Gasteiger partial charge in [0.25, 0.3) is 0 Å². The third-order valence-corrected chi connectivity index (χ3v) is 2.79. The SMILES string of the molecule is CNc1ncc(Cl)c(NCCc2ccccc2)n1. The number of anilines is 2. The van der Waals surface area contributed by atoms with Gasteiger partial charge in [-0.15, -0.1) is 0 Å². The lowest BCUT2D eigenvalue weighted by Gasteiger charge is -2.08. The zero-order chi connectivity index (χ0) is 12.8. The first kappa shape index (κ1) is 12.6. The van der Waals surface area contributed by atoms with Crippen LogP contribution in [-0.2, 0) is 6.42 Å². The maximum absolute atomic E-state index is 6.02. The second-order valence-corrected chi connectivity index (χ2v) is 4.21. The van der Waals surface area contributed by atoms with Gasteiger partial charge in [-0.1, -0.05) is 41.9 Å². The normalized spacial score (nSPS) is 10.1. The van der Waals surface area contributed by atoms with Gasteiger partial charge >= 0.3 is 0 Å². The molecule has 18 heavy (non-hydrogen) atoms. The second-order valence-electron chi connectivity index (χ2n) is 3.80. The summed E-state index contributed by atoms with van der Waals surface area (Å²) in [4.78, 5) is 8.29. The molecule has 0 bridgehead atoms. The van der Waals surface area contributed by atoms with Gasteiger partial charge in [0.05, 0.1) is 6.20 Å². The van der Waals surface area contributed by atoms with Crippen LogP contribution in [0.3, 0.4) is 0 Å². The van der Waals surface area contributed by atoms with Crippen molar-refractivity contribution >= 4 is 23.4 Å². The molecule has 0 saturated carbocycles. The van der Waals surface area contributed by atoms with Crippen molar-refractivity contribution in [2.24, 2.45) is 0 Å². The Bertz CT molecular complexity index is 502. The van der Waals surface area contributed by atoms with Crippen LogP contribution in [0.1, 0.15) is 5.56 Å². The summed E-state index contributed by atoms with van der Waals surface area (Å²) < 4.78 is 0. The van der Waals surface area contributed by atoms with Crippen molar-refractivity contribution in [3.8, 4) is 0 Å². The standard InChI is InChI=1S/C13H15ClN4/c1-15-13-17-9-11(14)12(18-13)16-8-7-10-5-3-2-4-6-10/h2-6,9H,7-8H2,1H3,(H2,15,16,17,18). The van der Waals surface area contributed by atoms with Crippen LogP contribution < -0.4 is 10.6 Å². The average Bonchev–Trinajstić information content (AvgIpc) is 2.42. The van der Waals surface area contributed by atoms with Gasteiger partial charge in [-0.2, -0.15) is 4.98 Å². The summed E-state index contributed by atoms with van der Waals surface area (Å²) in [5.74, 6) is 1.22. The topological polar surface area (TPSA) is 49.8 Å². The average molecular weight is 263 g/mol. The molecule has 0 aliphatic carbocycles. The molecular weight excluding hydrogens is 248 g/mol. The van der Waals surface area contributed by atoms with Crippen LogP contribution in [-0.4, -0.2) is 23.6 Å². The van der Waals surface area contributed by atoms with Crippen LogP contribution in [0.2, 0.25) is 5.02 Å². The summed E-state index contributed by atoms with van der Waals surface area (Å²) in [5.41, 5.74) is 1.28. The first-order valence-electron chi connectivity index (χ1n) is 5.77. The molecule has 1 aromatic carbocycles. The lowest BCUT2D eigenvalue weighted by atomic mass is 10.1. The van der Waals surface area contributed by atoms with Crippen molar-refractivity contribution < 1.29 is 0 Å². The molecule has 0 fully saturated rings. The van der Waals surface area contributed by atoms with Crippen LogP contribution in [0.4, 0.5) is 11.8 Å². The number of nitrogens with zero attached hydrogens (tertiary/aromatic N) is 2. The van der Waals surface area contributed by atoms with Crippen LogP contribution in [0.15, 0.2) is 36.5 Å². The lowest BCUT2D eigenvalue weighted by molar-refractivity contribution is 1.000. The van der Waals surface area contributed by atoms with Crippen molar-refractivity contribution in [3.05, 3.63) is 47.1 Å². The van der Waals surface area contributed by atoms with E-state index in [0.29, 0.717) is 16.8 Å². The van der Waals surface area contributed by atoms with E-state index in [-0.39, 0.29) is 0 Å². The van der Waals surface area contributed by atoms with Gasteiger partial charge in [0, 0.05) is 13.6 Å². The monoisotopic (exact) mass is 262 g/mol. The number of benzene rings is 1. The molecule has 1 heterocycles. The predicted molar refractivity (Wildman–Crippen MR) is 75.2 cm³/mol. The van der Waals surface area contributed by atoms with E-state index in [9.17, 15) is 0 Å². The summed E-state index contributed by atoms with van der Waals surface area (Å²) in [5, 5.41) is 6.62. The maximum Gasteiger partial charge on any atom is 0.224 e. The Morgan fingerprint density at radius 3 is 2.72 bits per heavy atom. The van der Waals surface area contributed by atoms with Crippen LogP contribution in [0, 0.1) is 0 Å². The van der Waals surface area contributed by atoms with Gasteiger partial charge in [0.2, 0.25) is 5.95 Å². The molecule has 0 aliphatic rings. The molecule has 2 rings (SSSR count). The number of hydrogen-bond donors (Lipinski definition) is 2. The molecule has 0 aliphatic heterocycles. The highest BCUT2D eigenvalue weighted by Gasteiger charge is 2.03. The highest BCUT2D eigenvalue weighted by Crippen LogP contribution is 2.19. The van der Waals surface area contributed by atoms with Crippen molar-refractivity contribution in [1.29, 1.82) is 0 Å². The summed E-state index contributed by atoms with van der Waals surface area (Å²) in [6, 6.07) is 10.3. The molecule has 2 N–H and O–H groups in total. The fraction of sp³-hybridized carbons (Fsp3) is 0.231. The van der Waals surface area contributed by atoms with Crippen LogP contribution >= 0.6 is 11.6 Å². The van der Waals surface area contributed by atoms with E-state index in [0.717, 1.165) is 13.0 Å². The Morgan fingerprint density at radius 1 is 1.22 bits per heavy atom. The third-order valence-electron chi connectivity index (χ3n) is 2.52. The first-order chi connectivity index (χ1) is 8.79. The molecule has 5 heteroatoms. The van der Waals surface area contributed by atoms with Gasteiger partial charge < -0.3 is 10.6 Å². The van der Waals surface area contributed by atoms with E-state index in [4.69, 9.17) is 11.6 Å². The number of hydrogen-bond acceptors (Lipinski definition) is 4. The van der Waals surface area contributed by atoms with Crippen LogP contribution in [0.5, 0.6) is 0 Å². The highest BCUT2D eigenvalue weighted by molar-refractivity contribution is 6.32. The summed E-state index contributed by atoms with van der Waals surface area (Å²) >= 11 is 6.02. The molecule has 0 amide bonds. The minimum absolute atomic E-state index is 0.530. The largest absolute Gasteiger partial charge is 0.368 e. The molecule has 0 saturated heterocycles. The minimum atomic E-state index is 0.530. The zero-order valence-corrected chi connectivity index (χ0v) is 10.9. The van der Waals surface area contributed by atoms with Crippen molar-refractivity contribution in [2.75, 3.05) is 24.2 Å². The van der Waals surface area contributed by atoms with E-state index >= 15 is 0 Å². The predicted octanol–water partition coefficient (Wildman–Crippen LogP) is 2.83. The van der Waals surface area contributed by atoms with Crippen LogP contribution in [0.25, 0.3) is 0 Å². The third kappa shape index (κ3) is 3.34. The minimum Gasteiger partial charge on any atom is -0.368 e.